The zero-order valence-electron chi connectivity index (χ0n) is 6.49. The maximum Gasteiger partial charge on any atom is 0.404 e. The smallest absolute Gasteiger partial charge is 0.404 e. The van der Waals surface area contributed by atoms with E-state index in [-0.39, 0.29) is 17.5 Å². The molecule has 1 aliphatic heterocycles. The zero-order chi connectivity index (χ0) is 9.19. The maximum absolute atomic E-state index is 10.9. The Hall–Kier alpha value is -0.780. The molecule has 5 nitrogen and oxygen atoms in total. The van der Waals surface area contributed by atoms with Crippen LogP contribution >= 0.6 is 0 Å². The first kappa shape index (κ1) is 9.31. The van der Waals surface area contributed by atoms with Gasteiger partial charge in [0.15, 0.2) is 0 Å². The van der Waals surface area contributed by atoms with Crippen molar-refractivity contribution >= 4 is 15.9 Å². The molecule has 1 amide bonds. The van der Waals surface area contributed by atoms with Crippen molar-refractivity contribution in [2.75, 3.05) is 11.5 Å². The summed E-state index contributed by atoms with van der Waals surface area (Å²) >= 11 is 0. The minimum absolute atomic E-state index is 0.0952. The third-order valence-electron chi connectivity index (χ3n) is 1.88. The van der Waals surface area contributed by atoms with Gasteiger partial charge in [0, 0.05) is 6.04 Å². The van der Waals surface area contributed by atoms with E-state index in [1.807, 2.05) is 0 Å². The Morgan fingerprint density at radius 3 is 2.25 bits per heavy atom. The summed E-state index contributed by atoms with van der Waals surface area (Å²) in [4.78, 5) is 10.2. The Labute approximate surface area is 70.7 Å². The van der Waals surface area contributed by atoms with Crippen molar-refractivity contribution in [3.8, 4) is 0 Å². The van der Waals surface area contributed by atoms with Gasteiger partial charge in [-0.05, 0) is 12.8 Å². The van der Waals surface area contributed by atoms with Gasteiger partial charge in [-0.1, -0.05) is 0 Å². The third-order valence-corrected chi connectivity index (χ3v) is 3.60. The first-order chi connectivity index (χ1) is 5.49. The summed E-state index contributed by atoms with van der Waals surface area (Å²) in [7, 11) is -2.88. The first-order valence-corrected chi connectivity index (χ1v) is 5.51. The SMILES string of the molecule is O=C(O)NC1CCS(=O)(=O)CC1. The van der Waals surface area contributed by atoms with Gasteiger partial charge in [-0.3, -0.25) is 0 Å². The van der Waals surface area contributed by atoms with E-state index >= 15 is 0 Å². The molecule has 1 heterocycles. The topological polar surface area (TPSA) is 83.5 Å². The fourth-order valence-electron chi connectivity index (χ4n) is 1.21. The summed E-state index contributed by atoms with van der Waals surface area (Å²) in [6, 6.07) is -0.189. The molecule has 0 aromatic carbocycles. The molecule has 0 atom stereocenters. The Bertz CT molecular complexity index is 257. The summed E-state index contributed by atoms with van der Waals surface area (Å²) in [5, 5.41) is 10.6. The van der Waals surface area contributed by atoms with Gasteiger partial charge >= 0.3 is 6.09 Å². The minimum atomic E-state index is -2.88. The van der Waals surface area contributed by atoms with Crippen LogP contribution in [0, 0.1) is 0 Å². The highest BCUT2D eigenvalue weighted by atomic mass is 32.2. The highest BCUT2D eigenvalue weighted by molar-refractivity contribution is 7.91. The number of sulfone groups is 1. The van der Waals surface area contributed by atoms with E-state index in [4.69, 9.17) is 5.11 Å². The second kappa shape index (κ2) is 3.30. The molecule has 1 aliphatic rings. The van der Waals surface area contributed by atoms with Gasteiger partial charge in [-0.25, -0.2) is 13.2 Å². The van der Waals surface area contributed by atoms with Crippen LogP contribution < -0.4 is 5.32 Å². The summed E-state index contributed by atoms with van der Waals surface area (Å²) in [6.07, 6.45) is -0.289. The van der Waals surface area contributed by atoms with Crippen LogP contribution in [0.15, 0.2) is 0 Å². The number of rotatable bonds is 1. The molecule has 70 valence electrons. The summed E-state index contributed by atoms with van der Waals surface area (Å²) in [6.45, 7) is 0. The Kier molecular flexibility index (Phi) is 2.56. The largest absolute Gasteiger partial charge is 0.465 e. The van der Waals surface area contributed by atoms with Crippen molar-refractivity contribution in [2.45, 2.75) is 18.9 Å². The third kappa shape index (κ3) is 2.69. The molecule has 0 bridgehead atoms. The molecule has 0 radical (unpaired) electrons. The molecule has 0 unspecified atom stereocenters. The predicted octanol–water partition coefficient (Wildman–Crippen LogP) is -0.169. The van der Waals surface area contributed by atoms with Gasteiger partial charge in [-0.2, -0.15) is 0 Å². The van der Waals surface area contributed by atoms with Crippen LogP contribution in [0.3, 0.4) is 0 Å². The average molecular weight is 193 g/mol. The lowest BCUT2D eigenvalue weighted by Crippen LogP contribution is -2.40. The standard InChI is InChI=1S/C6H11NO4S/c8-6(9)7-5-1-3-12(10,11)4-2-5/h5,7H,1-4H2,(H,8,9). The van der Waals surface area contributed by atoms with Gasteiger partial charge in [0.1, 0.15) is 9.84 Å². The molecule has 6 heteroatoms. The van der Waals surface area contributed by atoms with Crippen molar-refractivity contribution in [1.82, 2.24) is 5.32 Å². The van der Waals surface area contributed by atoms with E-state index in [1.54, 1.807) is 0 Å². The minimum Gasteiger partial charge on any atom is -0.465 e. The fraction of sp³-hybridized carbons (Fsp3) is 0.833. The van der Waals surface area contributed by atoms with Gasteiger partial charge in [0.25, 0.3) is 0 Å². The molecule has 0 aromatic heterocycles. The normalized spacial score (nSPS) is 23.3. The number of hydrogen-bond acceptors (Lipinski definition) is 3. The highest BCUT2D eigenvalue weighted by Gasteiger charge is 2.24. The maximum atomic E-state index is 10.9. The molecular weight excluding hydrogens is 182 g/mol. The predicted molar refractivity (Wildman–Crippen MR) is 42.8 cm³/mol. The first-order valence-electron chi connectivity index (χ1n) is 3.69. The molecule has 0 saturated carbocycles. The summed E-state index contributed by atoms with van der Waals surface area (Å²) < 4.78 is 21.8. The van der Waals surface area contributed by atoms with Crippen LogP contribution in [0.25, 0.3) is 0 Å². The van der Waals surface area contributed by atoms with E-state index in [9.17, 15) is 13.2 Å². The number of nitrogens with one attached hydrogen (secondary N) is 1. The quantitative estimate of drug-likeness (QED) is 0.605. The summed E-state index contributed by atoms with van der Waals surface area (Å²) in [5.41, 5.74) is 0. The van der Waals surface area contributed by atoms with Crippen LogP contribution in [0.1, 0.15) is 12.8 Å². The average Bonchev–Trinajstić information content (AvgIpc) is 1.93. The Morgan fingerprint density at radius 2 is 1.83 bits per heavy atom. The molecule has 0 spiro atoms. The lowest BCUT2D eigenvalue weighted by atomic mass is 10.2. The fourth-order valence-corrected chi connectivity index (χ4v) is 2.70. The molecule has 2 N–H and O–H groups in total. The van der Waals surface area contributed by atoms with Crippen molar-refractivity contribution < 1.29 is 18.3 Å². The van der Waals surface area contributed by atoms with E-state index in [0.29, 0.717) is 12.8 Å². The van der Waals surface area contributed by atoms with Gasteiger partial charge in [-0.15, -0.1) is 0 Å². The second-order valence-electron chi connectivity index (χ2n) is 2.88. The lowest BCUT2D eigenvalue weighted by Gasteiger charge is -2.21. The molecule has 0 aromatic rings. The van der Waals surface area contributed by atoms with Gasteiger partial charge in [0.05, 0.1) is 11.5 Å². The molecule has 12 heavy (non-hydrogen) atoms. The second-order valence-corrected chi connectivity index (χ2v) is 5.18. The van der Waals surface area contributed by atoms with Crippen molar-refractivity contribution in [1.29, 1.82) is 0 Å². The van der Waals surface area contributed by atoms with E-state index < -0.39 is 15.9 Å². The Morgan fingerprint density at radius 1 is 1.33 bits per heavy atom. The van der Waals surface area contributed by atoms with Gasteiger partial charge in [0.2, 0.25) is 0 Å². The summed E-state index contributed by atoms with van der Waals surface area (Å²) in [5.74, 6) is 0.190. The van der Waals surface area contributed by atoms with Crippen LogP contribution in [-0.4, -0.2) is 37.2 Å². The number of carbonyl (C=O) groups is 1. The van der Waals surface area contributed by atoms with E-state index in [1.165, 1.54) is 0 Å². The van der Waals surface area contributed by atoms with Crippen LogP contribution in [-0.2, 0) is 9.84 Å². The number of hydrogen-bond donors (Lipinski definition) is 2. The van der Waals surface area contributed by atoms with Crippen LogP contribution in [0.2, 0.25) is 0 Å². The van der Waals surface area contributed by atoms with Crippen LogP contribution in [0.4, 0.5) is 4.79 Å². The highest BCUT2D eigenvalue weighted by Crippen LogP contribution is 2.11. The lowest BCUT2D eigenvalue weighted by molar-refractivity contribution is 0.189. The van der Waals surface area contributed by atoms with Crippen LogP contribution in [0.5, 0.6) is 0 Å². The zero-order valence-corrected chi connectivity index (χ0v) is 7.30. The Balaban J connectivity index is 2.41. The molecule has 0 aliphatic carbocycles. The van der Waals surface area contributed by atoms with Crippen molar-refractivity contribution in [2.24, 2.45) is 0 Å². The van der Waals surface area contributed by atoms with E-state index in [2.05, 4.69) is 5.32 Å². The molecule has 1 fully saturated rings. The van der Waals surface area contributed by atoms with Gasteiger partial charge < -0.3 is 10.4 Å². The monoisotopic (exact) mass is 193 g/mol. The molecular formula is C6H11NO4S. The molecule has 1 rings (SSSR count). The van der Waals surface area contributed by atoms with Crippen molar-refractivity contribution in [3.05, 3.63) is 0 Å². The number of carboxylic acid groups (broad SMARTS) is 1. The van der Waals surface area contributed by atoms with Crippen molar-refractivity contribution in [3.63, 3.8) is 0 Å². The number of amides is 1. The van der Waals surface area contributed by atoms with E-state index in [0.717, 1.165) is 0 Å². The molecule has 1 saturated heterocycles.